The summed E-state index contributed by atoms with van der Waals surface area (Å²) in [5, 5.41) is 18.2. The summed E-state index contributed by atoms with van der Waals surface area (Å²) in [6, 6.07) is 5.23. The molecule has 3 heterocycles. The molecular formula is C21H21Cl2FN4O2. The van der Waals surface area contributed by atoms with Crippen molar-refractivity contribution in [2.75, 3.05) is 13.2 Å². The first-order chi connectivity index (χ1) is 14.2. The quantitative estimate of drug-likeness (QED) is 0.625. The second-order valence-corrected chi connectivity index (χ2v) is 8.56. The van der Waals surface area contributed by atoms with E-state index in [0.29, 0.717) is 40.1 Å². The molecule has 4 rings (SSSR count). The molecule has 158 valence electrons. The molecule has 0 fully saturated rings. The fraction of sp³-hybridized carbons (Fsp3) is 0.381. The van der Waals surface area contributed by atoms with Crippen LogP contribution in [0, 0.1) is 0 Å². The van der Waals surface area contributed by atoms with Crippen molar-refractivity contribution < 1.29 is 14.3 Å². The summed E-state index contributed by atoms with van der Waals surface area (Å²) in [4.78, 5) is 19.1. The van der Waals surface area contributed by atoms with E-state index in [1.165, 1.54) is 13.1 Å². The summed E-state index contributed by atoms with van der Waals surface area (Å²) in [6.45, 7) is 2.98. The number of amides is 1. The number of carbonyl (C=O) groups excluding carboxylic acids is 1. The Morgan fingerprint density at radius 2 is 2.20 bits per heavy atom. The van der Waals surface area contributed by atoms with Crippen molar-refractivity contribution in [2.45, 2.75) is 38.3 Å². The van der Waals surface area contributed by atoms with Crippen molar-refractivity contribution in [3.8, 4) is 0 Å². The van der Waals surface area contributed by atoms with E-state index in [1.54, 1.807) is 17.0 Å². The molecule has 9 heteroatoms. The highest BCUT2D eigenvalue weighted by molar-refractivity contribution is 6.36. The average Bonchev–Trinajstić information content (AvgIpc) is 3.11. The maximum Gasteiger partial charge on any atom is 0.227 e. The van der Waals surface area contributed by atoms with Gasteiger partial charge in [-0.2, -0.15) is 5.10 Å². The van der Waals surface area contributed by atoms with Crippen LogP contribution >= 0.6 is 23.2 Å². The Morgan fingerprint density at radius 1 is 1.43 bits per heavy atom. The van der Waals surface area contributed by atoms with Crippen LogP contribution in [0.4, 0.5) is 4.39 Å². The van der Waals surface area contributed by atoms with E-state index >= 15 is 0 Å². The number of halogens is 3. The number of aliphatic hydroxyl groups is 1. The third-order valence-corrected chi connectivity index (χ3v) is 6.42. The van der Waals surface area contributed by atoms with Crippen molar-refractivity contribution in [3.63, 3.8) is 0 Å². The van der Waals surface area contributed by atoms with Gasteiger partial charge in [0.2, 0.25) is 5.91 Å². The molecule has 2 N–H and O–H groups in total. The standard InChI is InChI=1S/C21H21Cl2FN4O2/c1-11-12-4-3-5-15(21(2,30)10-24)13(12)6-7-28(11)17(29)8-14-16(22)9-25-20-18(14)19(23)26-27-20/h3-5,9,11,30H,6-8,10H2,1-2H3,(H,25,26,27)/t11-,21+/m0/s1. The Balaban J connectivity index is 1.65. The Labute approximate surface area is 183 Å². The lowest BCUT2D eigenvalue weighted by molar-refractivity contribution is -0.133. The number of alkyl halides is 1. The van der Waals surface area contributed by atoms with E-state index in [1.807, 2.05) is 13.0 Å². The van der Waals surface area contributed by atoms with Crippen LogP contribution in [0.1, 0.15) is 42.1 Å². The molecule has 2 atom stereocenters. The van der Waals surface area contributed by atoms with Gasteiger partial charge in [-0.1, -0.05) is 41.4 Å². The SMILES string of the molecule is C[C@H]1c2cccc([C@](C)(O)CF)c2CCN1C(=O)Cc1c(Cl)cnc2[nH]nc(Cl)c12. The predicted octanol–water partition coefficient (Wildman–Crippen LogP) is 4.13. The van der Waals surface area contributed by atoms with E-state index < -0.39 is 12.3 Å². The summed E-state index contributed by atoms with van der Waals surface area (Å²) in [5.74, 6) is -0.109. The molecule has 6 nitrogen and oxygen atoms in total. The van der Waals surface area contributed by atoms with Gasteiger partial charge in [0.25, 0.3) is 0 Å². The summed E-state index contributed by atoms with van der Waals surface area (Å²) in [7, 11) is 0. The largest absolute Gasteiger partial charge is 0.383 e. The molecule has 3 aromatic rings. The maximum absolute atomic E-state index is 13.4. The molecule has 1 aliphatic rings. The van der Waals surface area contributed by atoms with Crippen LogP contribution in [0.5, 0.6) is 0 Å². The maximum atomic E-state index is 13.4. The molecule has 1 amide bonds. The lowest BCUT2D eigenvalue weighted by Gasteiger charge is -2.38. The molecule has 1 aromatic carbocycles. The molecule has 0 radical (unpaired) electrons. The van der Waals surface area contributed by atoms with Crippen LogP contribution in [0.25, 0.3) is 11.0 Å². The lowest BCUT2D eigenvalue weighted by atomic mass is 9.83. The minimum atomic E-state index is -1.55. The number of pyridine rings is 1. The Hall–Kier alpha value is -2.22. The van der Waals surface area contributed by atoms with Crippen LogP contribution in [-0.4, -0.2) is 44.3 Å². The van der Waals surface area contributed by atoms with E-state index in [2.05, 4.69) is 15.2 Å². The van der Waals surface area contributed by atoms with Crippen LogP contribution < -0.4 is 0 Å². The summed E-state index contributed by atoms with van der Waals surface area (Å²) >= 11 is 12.5. The van der Waals surface area contributed by atoms with Gasteiger partial charge in [-0.25, -0.2) is 9.37 Å². The van der Waals surface area contributed by atoms with Gasteiger partial charge in [-0.15, -0.1) is 0 Å². The number of nitrogens with one attached hydrogen (secondary N) is 1. The van der Waals surface area contributed by atoms with Gasteiger partial charge in [0.1, 0.15) is 12.3 Å². The van der Waals surface area contributed by atoms with Crippen molar-refractivity contribution >= 4 is 40.1 Å². The Kier molecular flexibility index (Phi) is 5.46. The van der Waals surface area contributed by atoms with Gasteiger partial charge in [-0.05, 0) is 42.5 Å². The molecule has 2 aromatic heterocycles. The van der Waals surface area contributed by atoms with Crippen LogP contribution in [0.3, 0.4) is 0 Å². The molecule has 0 aliphatic carbocycles. The first kappa shape index (κ1) is 21.0. The molecule has 0 saturated heterocycles. The number of hydrogen-bond donors (Lipinski definition) is 2. The number of H-pyrrole nitrogens is 1. The highest BCUT2D eigenvalue weighted by Crippen LogP contribution is 2.37. The number of fused-ring (bicyclic) bond motifs is 2. The first-order valence-corrected chi connectivity index (χ1v) is 10.4. The average molecular weight is 451 g/mol. The zero-order valence-electron chi connectivity index (χ0n) is 16.5. The van der Waals surface area contributed by atoms with Crippen molar-refractivity contribution in [1.82, 2.24) is 20.1 Å². The summed E-state index contributed by atoms with van der Waals surface area (Å²) in [5.41, 5.74) is 1.89. The number of hydrogen-bond acceptors (Lipinski definition) is 4. The van der Waals surface area contributed by atoms with E-state index in [-0.39, 0.29) is 23.5 Å². The van der Waals surface area contributed by atoms with Gasteiger partial charge < -0.3 is 10.0 Å². The number of aromatic amines is 1. The molecule has 0 bridgehead atoms. The van der Waals surface area contributed by atoms with Gasteiger partial charge >= 0.3 is 0 Å². The van der Waals surface area contributed by atoms with Crippen LogP contribution in [0.15, 0.2) is 24.4 Å². The fourth-order valence-corrected chi connectivity index (χ4v) is 4.66. The van der Waals surface area contributed by atoms with Crippen molar-refractivity contribution in [3.05, 3.63) is 56.8 Å². The third kappa shape index (κ3) is 3.45. The molecule has 0 spiro atoms. The number of benzene rings is 1. The normalized spacial score (nSPS) is 18.3. The lowest BCUT2D eigenvalue weighted by Crippen LogP contribution is -2.41. The third-order valence-electron chi connectivity index (χ3n) is 5.82. The van der Waals surface area contributed by atoms with Crippen LogP contribution in [-0.2, 0) is 23.2 Å². The van der Waals surface area contributed by atoms with Crippen LogP contribution in [0.2, 0.25) is 10.2 Å². The minimum Gasteiger partial charge on any atom is -0.383 e. The number of rotatable bonds is 4. The smallest absolute Gasteiger partial charge is 0.227 e. The first-order valence-electron chi connectivity index (χ1n) is 9.61. The summed E-state index contributed by atoms with van der Waals surface area (Å²) < 4.78 is 13.4. The van der Waals surface area contributed by atoms with E-state index in [4.69, 9.17) is 23.2 Å². The van der Waals surface area contributed by atoms with Crippen molar-refractivity contribution in [1.29, 1.82) is 0 Å². The monoisotopic (exact) mass is 450 g/mol. The highest BCUT2D eigenvalue weighted by atomic mass is 35.5. The number of carbonyl (C=O) groups is 1. The predicted molar refractivity (Wildman–Crippen MR) is 113 cm³/mol. The molecule has 0 unspecified atom stereocenters. The van der Waals surface area contributed by atoms with E-state index in [9.17, 15) is 14.3 Å². The molecule has 30 heavy (non-hydrogen) atoms. The zero-order chi connectivity index (χ0) is 21.6. The highest BCUT2D eigenvalue weighted by Gasteiger charge is 2.34. The second-order valence-electron chi connectivity index (χ2n) is 7.79. The van der Waals surface area contributed by atoms with Gasteiger partial charge in [-0.3, -0.25) is 9.89 Å². The minimum absolute atomic E-state index is 0.0542. The Morgan fingerprint density at radius 3 is 2.93 bits per heavy atom. The topological polar surface area (TPSA) is 82.1 Å². The number of nitrogens with zero attached hydrogens (tertiary/aromatic N) is 3. The molecule has 0 saturated carbocycles. The second kappa shape index (κ2) is 7.80. The number of aromatic nitrogens is 3. The molecular weight excluding hydrogens is 430 g/mol. The van der Waals surface area contributed by atoms with Gasteiger partial charge in [0.05, 0.1) is 22.9 Å². The summed E-state index contributed by atoms with van der Waals surface area (Å²) in [6.07, 6.45) is 2.06. The van der Waals surface area contributed by atoms with Gasteiger partial charge in [0.15, 0.2) is 10.8 Å². The molecule has 1 aliphatic heterocycles. The van der Waals surface area contributed by atoms with E-state index in [0.717, 1.165) is 11.1 Å². The van der Waals surface area contributed by atoms with Gasteiger partial charge in [0, 0.05) is 12.7 Å². The van der Waals surface area contributed by atoms with Crippen molar-refractivity contribution in [2.24, 2.45) is 0 Å². The fourth-order valence-electron chi connectivity index (χ4n) is 4.20. The zero-order valence-corrected chi connectivity index (χ0v) is 18.1. The Bertz CT molecular complexity index is 1130.